The van der Waals surface area contributed by atoms with Crippen molar-refractivity contribution in [1.29, 1.82) is 0 Å². The van der Waals surface area contributed by atoms with Gasteiger partial charge in [-0.05, 0) is 30.6 Å². The first-order valence-corrected chi connectivity index (χ1v) is 6.98. The zero-order valence-electron chi connectivity index (χ0n) is 11.5. The Bertz CT molecular complexity index is 243. The van der Waals surface area contributed by atoms with Crippen LogP contribution in [-0.2, 0) is 4.74 Å². The monoisotopic (exact) mass is 241 g/mol. The van der Waals surface area contributed by atoms with Gasteiger partial charge in [-0.2, -0.15) is 0 Å². The van der Waals surface area contributed by atoms with Gasteiger partial charge in [-0.25, -0.2) is 0 Å². The summed E-state index contributed by atoms with van der Waals surface area (Å²) in [4.78, 5) is 2.44. The van der Waals surface area contributed by atoms with Gasteiger partial charge in [0, 0.05) is 19.1 Å². The van der Waals surface area contributed by atoms with E-state index in [2.05, 4.69) is 25.7 Å². The molecule has 0 spiro atoms. The summed E-state index contributed by atoms with van der Waals surface area (Å²) < 4.78 is 5.40. The number of ether oxygens (including phenoxy) is 1. The number of nitrogens with zero attached hydrogens (tertiary/aromatic N) is 1. The van der Waals surface area contributed by atoms with Crippen molar-refractivity contribution in [2.45, 2.75) is 52.2 Å². The van der Waals surface area contributed by atoms with Crippen LogP contribution in [-0.4, -0.2) is 48.5 Å². The van der Waals surface area contributed by atoms with Gasteiger partial charge in [0.1, 0.15) is 0 Å². The predicted octanol–water partition coefficient (Wildman–Crippen LogP) is 1.89. The maximum absolute atomic E-state index is 10.2. The van der Waals surface area contributed by atoms with Crippen LogP contribution in [0.2, 0.25) is 0 Å². The van der Waals surface area contributed by atoms with Crippen molar-refractivity contribution >= 4 is 0 Å². The molecule has 3 unspecified atom stereocenters. The highest BCUT2D eigenvalue weighted by atomic mass is 16.5. The fourth-order valence-corrected chi connectivity index (χ4v) is 3.22. The number of hydrogen-bond donors (Lipinski definition) is 1. The third kappa shape index (κ3) is 3.21. The van der Waals surface area contributed by atoms with E-state index in [0.717, 1.165) is 45.1 Å². The van der Waals surface area contributed by atoms with Crippen LogP contribution in [0.1, 0.15) is 40.0 Å². The normalized spacial score (nSPS) is 37.1. The summed E-state index contributed by atoms with van der Waals surface area (Å²) in [5.74, 6) is 0.735. The van der Waals surface area contributed by atoms with Gasteiger partial charge in [-0.15, -0.1) is 0 Å². The minimum Gasteiger partial charge on any atom is -0.391 e. The Kier molecular flexibility index (Phi) is 4.11. The summed E-state index contributed by atoms with van der Waals surface area (Å²) in [5.41, 5.74) is 0.366. The van der Waals surface area contributed by atoms with Gasteiger partial charge in [-0.1, -0.05) is 20.8 Å². The topological polar surface area (TPSA) is 32.7 Å². The molecule has 0 amide bonds. The summed E-state index contributed by atoms with van der Waals surface area (Å²) in [7, 11) is 0. The van der Waals surface area contributed by atoms with Crippen LogP contribution >= 0.6 is 0 Å². The maximum Gasteiger partial charge on any atom is 0.0695 e. The second-order valence-corrected chi connectivity index (χ2v) is 6.66. The molecule has 100 valence electrons. The molecule has 1 saturated heterocycles. The maximum atomic E-state index is 10.2. The standard InChI is InChI=1S/C14H27NO2/c1-14(2,3)11-4-5-13(16)12(10-11)15-6-8-17-9-7-15/h11-13,16H,4-10H2,1-3H3. The van der Waals surface area contributed by atoms with Crippen LogP contribution in [0.3, 0.4) is 0 Å². The van der Waals surface area contributed by atoms with E-state index >= 15 is 0 Å². The van der Waals surface area contributed by atoms with Gasteiger partial charge in [-0.3, -0.25) is 4.90 Å². The molecule has 1 saturated carbocycles. The average molecular weight is 241 g/mol. The fraction of sp³-hybridized carbons (Fsp3) is 1.00. The molecule has 0 aromatic heterocycles. The summed E-state index contributed by atoms with van der Waals surface area (Å²) in [6.07, 6.45) is 3.15. The lowest BCUT2D eigenvalue weighted by molar-refractivity contribution is -0.0557. The lowest BCUT2D eigenvalue weighted by Gasteiger charge is -2.45. The van der Waals surface area contributed by atoms with Crippen molar-refractivity contribution in [3.05, 3.63) is 0 Å². The van der Waals surface area contributed by atoms with Gasteiger partial charge in [0.05, 0.1) is 19.3 Å². The summed E-state index contributed by atoms with van der Waals surface area (Å²) >= 11 is 0. The van der Waals surface area contributed by atoms with Crippen LogP contribution < -0.4 is 0 Å². The van der Waals surface area contributed by atoms with Crippen molar-refractivity contribution in [3.8, 4) is 0 Å². The molecule has 1 aliphatic heterocycles. The lowest BCUT2D eigenvalue weighted by atomic mass is 9.70. The smallest absolute Gasteiger partial charge is 0.0695 e. The highest BCUT2D eigenvalue weighted by Crippen LogP contribution is 2.39. The van der Waals surface area contributed by atoms with E-state index in [1.54, 1.807) is 0 Å². The van der Waals surface area contributed by atoms with Crippen molar-refractivity contribution in [1.82, 2.24) is 4.90 Å². The Morgan fingerprint density at radius 1 is 1.12 bits per heavy atom. The Hall–Kier alpha value is -0.120. The first-order chi connectivity index (χ1) is 7.98. The highest BCUT2D eigenvalue weighted by molar-refractivity contribution is 4.91. The zero-order valence-corrected chi connectivity index (χ0v) is 11.5. The van der Waals surface area contributed by atoms with E-state index in [0.29, 0.717) is 11.5 Å². The summed E-state index contributed by atoms with van der Waals surface area (Å²) in [5, 5.41) is 10.2. The number of rotatable bonds is 1. The number of hydrogen-bond acceptors (Lipinski definition) is 3. The molecule has 2 fully saturated rings. The molecule has 0 bridgehead atoms. The van der Waals surface area contributed by atoms with Crippen molar-refractivity contribution < 1.29 is 9.84 Å². The van der Waals surface area contributed by atoms with Crippen LogP contribution in [0.25, 0.3) is 0 Å². The Balaban J connectivity index is 1.99. The predicted molar refractivity (Wildman–Crippen MR) is 69.0 cm³/mol. The van der Waals surface area contributed by atoms with Crippen molar-refractivity contribution in [3.63, 3.8) is 0 Å². The van der Waals surface area contributed by atoms with Gasteiger partial charge in [0.15, 0.2) is 0 Å². The Labute approximate surface area is 105 Å². The molecule has 1 aliphatic carbocycles. The largest absolute Gasteiger partial charge is 0.391 e. The van der Waals surface area contributed by atoms with Crippen LogP contribution in [0, 0.1) is 11.3 Å². The molecular formula is C14H27NO2. The lowest BCUT2D eigenvalue weighted by Crippen LogP contribution is -2.52. The van der Waals surface area contributed by atoms with Gasteiger partial charge in [0.2, 0.25) is 0 Å². The molecule has 0 aromatic rings. The molecule has 2 aliphatic rings. The Morgan fingerprint density at radius 2 is 1.76 bits per heavy atom. The second-order valence-electron chi connectivity index (χ2n) is 6.66. The molecule has 3 nitrogen and oxygen atoms in total. The fourth-order valence-electron chi connectivity index (χ4n) is 3.22. The molecule has 3 heteroatoms. The molecule has 3 atom stereocenters. The average Bonchev–Trinajstić information content (AvgIpc) is 2.29. The summed E-state index contributed by atoms with van der Waals surface area (Å²) in [6.45, 7) is 10.6. The zero-order chi connectivity index (χ0) is 12.5. The van der Waals surface area contributed by atoms with E-state index < -0.39 is 0 Å². The molecule has 0 radical (unpaired) electrons. The van der Waals surface area contributed by atoms with E-state index in [9.17, 15) is 5.11 Å². The first-order valence-electron chi connectivity index (χ1n) is 6.98. The van der Waals surface area contributed by atoms with Crippen molar-refractivity contribution in [2.24, 2.45) is 11.3 Å². The molecule has 0 aromatic carbocycles. The Morgan fingerprint density at radius 3 is 2.35 bits per heavy atom. The SMILES string of the molecule is CC(C)(C)C1CCC(O)C(N2CCOCC2)C1. The van der Waals surface area contributed by atoms with E-state index in [1.165, 1.54) is 6.42 Å². The van der Waals surface area contributed by atoms with E-state index in [-0.39, 0.29) is 6.10 Å². The van der Waals surface area contributed by atoms with Gasteiger partial charge in [0.25, 0.3) is 0 Å². The molecule has 2 rings (SSSR count). The minimum absolute atomic E-state index is 0.133. The van der Waals surface area contributed by atoms with Crippen LogP contribution in [0.4, 0.5) is 0 Å². The molecular weight excluding hydrogens is 214 g/mol. The second kappa shape index (κ2) is 5.25. The number of aliphatic hydroxyl groups is 1. The van der Waals surface area contributed by atoms with E-state index in [4.69, 9.17) is 4.74 Å². The number of morpholine rings is 1. The van der Waals surface area contributed by atoms with Crippen LogP contribution in [0.15, 0.2) is 0 Å². The molecule has 1 N–H and O–H groups in total. The van der Waals surface area contributed by atoms with E-state index in [1.807, 2.05) is 0 Å². The van der Waals surface area contributed by atoms with Gasteiger partial charge < -0.3 is 9.84 Å². The molecule has 17 heavy (non-hydrogen) atoms. The first kappa shape index (κ1) is 13.3. The minimum atomic E-state index is -0.133. The van der Waals surface area contributed by atoms with Crippen molar-refractivity contribution in [2.75, 3.05) is 26.3 Å². The van der Waals surface area contributed by atoms with Crippen LogP contribution in [0.5, 0.6) is 0 Å². The van der Waals surface area contributed by atoms with Gasteiger partial charge >= 0.3 is 0 Å². The highest BCUT2D eigenvalue weighted by Gasteiger charge is 2.38. The number of aliphatic hydroxyl groups excluding tert-OH is 1. The third-order valence-electron chi connectivity index (χ3n) is 4.52. The quantitative estimate of drug-likeness (QED) is 0.761. The third-order valence-corrected chi connectivity index (χ3v) is 4.52. The molecule has 1 heterocycles. The summed E-state index contributed by atoms with van der Waals surface area (Å²) in [6, 6.07) is 0.358.